The van der Waals surface area contributed by atoms with E-state index in [1.165, 1.54) is 0 Å². The number of benzene rings is 2. The van der Waals surface area contributed by atoms with Crippen LogP contribution in [0, 0.1) is 0 Å². The van der Waals surface area contributed by atoms with Gasteiger partial charge >= 0.3 is 6.03 Å². The molecule has 1 aliphatic heterocycles. The topological polar surface area (TPSA) is 49.4 Å². The first-order valence-electron chi connectivity index (χ1n) is 7.15. The van der Waals surface area contributed by atoms with E-state index in [2.05, 4.69) is 5.32 Å². The summed E-state index contributed by atoms with van der Waals surface area (Å²) < 4.78 is 0. The number of halogens is 2. The maximum atomic E-state index is 12.5. The molecule has 1 fully saturated rings. The number of rotatable bonds is 4. The van der Waals surface area contributed by atoms with Crippen LogP contribution in [0.25, 0.3) is 0 Å². The fraction of sp³-hybridized carbons (Fsp3) is 0.176. The Balaban J connectivity index is 1.77. The first kappa shape index (κ1) is 15.8. The van der Waals surface area contributed by atoms with Crippen molar-refractivity contribution in [2.45, 2.75) is 19.0 Å². The zero-order valence-electron chi connectivity index (χ0n) is 12.1. The number of hydrogen-bond donors (Lipinski definition) is 1. The van der Waals surface area contributed by atoms with Crippen molar-refractivity contribution in [2.75, 3.05) is 0 Å². The summed E-state index contributed by atoms with van der Waals surface area (Å²) in [4.78, 5) is 25.8. The van der Waals surface area contributed by atoms with Crippen LogP contribution in [0.2, 0.25) is 10.0 Å². The predicted molar refractivity (Wildman–Crippen MR) is 89.5 cm³/mol. The van der Waals surface area contributed by atoms with E-state index in [0.717, 1.165) is 10.5 Å². The van der Waals surface area contributed by atoms with Crippen LogP contribution >= 0.6 is 23.2 Å². The van der Waals surface area contributed by atoms with Gasteiger partial charge in [-0.2, -0.15) is 0 Å². The van der Waals surface area contributed by atoms with Gasteiger partial charge in [0.1, 0.15) is 6.04 Å². The molecular formula is C17H14Cl2N2O2. The van der Waals surface area contributed by atoms with Gasteiger partial charge in [0.25, 0.3) is 5.91 Å². The van der Waals surface area contributed by atoms with Crippen molar-refractivity contribution in [2.24, 2.45) is 0 Å². The summed E-state index contributed by atoms with van der Waals surface area (Å²) >= 11 is 12.2. The molecule has 0 aromatic heterocycles. The highest BCUT2D eigenvalue weighted by atomic mass is 35.5. The summed E-state index contributed by atoms with van der Waals surface area (Å²) in [5, 5.41) is 3.58. The van der Waals surface area contributed by atoms with Crippen molar-refractivity contribution in [3.05, 3.63) is 69.7 Å². The largest absolute Gasteiger partial charge is 0.325 e. The quantitative estimate of drug-likeness (QED) is 0.857. The van der Waals surface area contributed by atoms with Crippen LogP contribution in [0.3, 0.4) is 0 Å². The molecule has 23 heavy (non-hydrogen) atoms. The maximum Gasteiger partial charge on any atom is 0.325 e. The van der Waals surface area contributed by atoms with Gasteiger partial charge in [-0.15, -0.1) is 0 Å². The molecule has 1 aliphatic rings. The normalized spacial score (nSPS) is 17.5. The molecular weight excluding hydrogens is 335 g/mol. The van der Waals surface area contributed by atoms with Gasteiger partial charge in [-0.05, 0) is 17.7 Å². The Morgan fingerprint density at radius 2 is 1.61 bits per heavy atom. The van der Waals surface area contributed by atoms with Crippen molar-refractivity contribution < 1.29 is 9.59 Å². The van der Waals surface area contributed by atoms with Crippen LogP contribution in [0.15, 0.2) is 48.5 Å². The second-order valence-corrected chi connectivity index (χ2v) is 6.13. The third kappa shape index (κ3) is 3.33. The molecule has 3 amide bonds. The van der Waals surface area contributed by atoms with Gasteiger partial charge in [-0.25, -0.2) is 4.79 Å². The minimum absolute atomic E-state index is 0.0640. The highest BCUT2D eigenvalue weighted by Gasteiger charge is 2.38. The molecule has 0 unspecified atom stereocenters. The summed E-state index contributed by atoms with van der Waals surface area (Å²) in [6, 6.07) is 13.7. The average molecular weight is 349 g/mol. The molecule has 4 nitrogen and oxygen atoms in total. The van der Waals surface area contributed by atoms with Crippen LogP contribution in [0.5, 0.6) is 0 Å². The van der Waals surface area contributed by atoms with E-state index in [0.29, 0.717) is 22.0 Å². The zero-order chi connectivity index (χ0) is 16.4. The van der Waals surface area contributed by atoms with Gasteiger partial charge in [0, 0.05) is 22.0 Å². The maximum absolute atomic E-state index is 12.5. The number of nitrogens with one attached hydrogen (secondary N) is 1. The molecule has 6 heteroatoms. The number of amides is 3. The smallest absolute Gasteiger partial charge is 0.325 e. The Hall–Kier alpha value is -2.04. The molecule has 118 valence electrons. The average Bonchev–Trinajstić information content (AvgIpc) is 2.79. The molecule has 0 spiro atoms. The third-order valence-corrected chi connectivity index (χ3v) is 4.48. The summed E-state index contributed by atoms with van der Waals surface area (Å²) in [7, 11) is 0. The molecule has 2 aromatic carbocycles. The molecule has 3 rings (SSSR count). The predicted octanol–water partition coefficient (Wildman–Crippen LogP) is 3.66. The number of carbonyl (C=O) groups excluding carboxylic acids is 2. The standard InChI is InChI=1S/C17H14Cl2N2O2/c18-13-7-4-8-14(19)12(13)10-21-16(22)15(20-17(21)23)9-11-5-2-1-3-6-11/h1-8,15H,9-10H2,(H,20,23)/t15-/m1/s1. The second kappa shape index (κ2) is 6.60. The number of hydrogen-bond acceptors (Lipinski definition) is 2. The molecule has 0 radical (unpaired) electrons. The fourth-order valence-corrected chi connectivity index (χ4v) is 3.07. The SMILES string of the molecule is O=C1N[C@H](Cc2ccccc2)C(=O)N1Cc1c(Cl)cccc1Cl. The summed E-state index contributed by atoms with van der Waals surface area (Å²) in [5.41, 5.74) is 1.56. The van der Waals surface area contributed by atoms with Crippen LogP contribution in [0.4, 0.5) is 4.79 Å². The van der Waals surface area contributed by atoms with Crippen LogP contribution in [0.1, 0.15) is 11.1 Å². The summed E-state index contributed by atoms with van der Waals surface area (Å²) in [5.74, 6) is -0.269. The molecule has 1 N–H and O–H groups in total. The van der Waals surface area contributed by atoms with Crippen molar-refractivity contribution in [1.82, 2.24) is 10.2 Å². The van der Waals surface area contributed by atoms with E-state index in [-0.39, 0.29) is 12.5 Å². The van der Waals surface area contributed by atoms with Gasteiger partial charge in [-0.1, -0.05) is 59.6 Å². The number of nitrogens with zero attached hydrogens (tertiary/aromatic N) is 1. The lowest BCUT2D eigenvalue weighted by atomic mass is 10.1. The first-order chi connectivity index (χ1) is 11.1. The molecule has 1 heterocycles. The Morgan fingerprint density at radius 3 is 2.26 bits per heavy atom. The summed E-state index contributed by atoms with van der Waals surface area (Å²) in [6.07, 6.45) is 0.457. The third-order valence-electron chi connectivity index (χ3n) is 3.77. The van der Waals surface area contributed by atoms with E-state index in [4.69, 9.17) is 23.2 Å². The van der Waals surface area contributed by atoms with Crippen LogP contribution < -0.4 is 5.32 Å². The van der Waals surface area contributed by atoms with Crippen molar-refractivity contribution in [1.29, 1.82) is 0 Å². The Labute approximate surface area is 144 Å². The molecule has 0 bridgehead atoms. The van der Waals surface area contributed by atoms with Crippen LogP contribution in [-0.4, -0.2) is 22.9 Å². The molecule has 0 saturated carbocycles. The van der Waals surface area contributed by atoms with Crippen molar-refractivity contribution in [3.8, 4) is 0 Å². The number of urea groups is 1. The monoisotopic (exact) mass is 348 g/mol. The summed E-state index contributed by atoms with van der Waals surface area (Å²) in [6.45, 7) is 0.0640. The number of imide groups is 1. The lowest BCUT2D eigenvalue weighted by Crippen LogP contribution is -2.32. The fourth-order valence-electron chi connectivity index (χ4n) is 2.56. The van der Waals surface area contributed by atoms with Crippen LogP contribution in [-0.2, 0) is 17.8 Å². The minimum Gasteiger partial charge on any atom is -0.325 e. The lowest BCUT2D eigenvalue weighted by Gasteiger charge is -2.15. The van der Waals surface area contributed by atoms with E-state index in [1.807, 2.05) is 30.3 Å². The Bertz CT molecular complexity index is 729. The van der Waals surface area contributed by atoms with E-state index in [1.54, 1.807) is 18.2 Å². The van der Waals surface area contributed by atoms with Gasteiger partial charge < -0.3 is 5.32 Å². The van der Waals surface area contributed by atoms with Gasteiger partial charge in [0.05, 0.1) is 6.54 Å². The van der Waals surface area contributed by atoms with Crippen molar-refractivity contribution >= 4 is 35.1 Å². The highest BCUT2D eigenvalue weighted by molar-refractivity contribution is 6.36. The molecule has 2 aromatic rings. The van der Waals surface area contributed by atoms with E-state index >= 15 is 0 Å². The van der Waals surface area contributed by atoms with Gasteiger partial charge in [0.15, 0.2) is 0 Å². The first-order valence-corrected chi connectivity index (χ1v) is 7.90. The lowest BCUT2D eigenvalue weighted by molar-refractivity contribution is -0.127. The van der Waals surface area contributed by atoms with E-state index < -0.39 is 12.1 Å². The highest BCUT2D eigenvalue weighted by Crippen LogP contribution is 2.27. The van der Waals surface area contributed by atoms with E-state index in [9.17, 15) is 9.59 Å². The Morgan fingerprint density at radius 1 is 0.957 bits per heavy atom. The number of carbonyl (C=O) groups is 2. The van der Waals surface area contributed by atoms with Gasteiger partial charge in [0.2, 0.25) is 0 Å². The zero-order valence-corrected chi connectivity index (χ0v) is 13.6. The molecule has 1 atom stereocenters. The second-order valence-electron chi connectivity index (χ2n) is 5.32. The molecule has 1 saturated heterocycles. The Kier molecular flexibility index (Phi) is 4.55. The molecule has 0 aliphatic carbocycles. The van der Waals surface area contributed by atoms with Gasteiger partial charge in [-0.3, -0.25) is 9.69 Å². The minimum atomic E-state index is -0.564. The van der Waals surface area contributed by atoms with Crippen molar-refractivity contribution in [3.63, 3.8) is 0 Å².